The fourth-order valence-corrected chi connectivity index (χ4v) is 1.60. The van der Waals surface area contributed by atoms with Crippen molar-refractivity contribution in [1.82, 2.24) is 9.59 Å². The summed E-state index contributed by atoms with van der Waals surface area (Å²) in [6.45, 7) is 0.380. The molecule has 78 valence electrons. The van der Waals surface area contributed by atoms with Crippen molar-refractivity contribution in [3.63, 3.8) is 0 Å². The number of nitrogens with zero attached hydrogens (tertiary/aromatic N) is 2. The van der Waals surface area contributed by atoms with Gasteiger partial charge in [0.2, 0.25) is 0 Å². The highest BCUT2D eigenvalue weighted by atomic mass is 35.5. The monoisotopic (exact) mass is 241 g/mol. The fraction of sp³-hybridized carbons (Fsp3) is 0.111. The molecule has 1 heterocycles. The summed E-state index contributed by atoms with van der Waals surface area (Å²) in [6, 6.07) is 7.14. The largest absolute Gasteiger partial charge is 0.488 e. The van der Waals surface area contributed by atoms with E-state index in [0.717, 1.165) is 10.6 Å². The number of rotatable bonds is 3. The van der Waals surface area contributed by atoms with Crippen molar-refractivity contribution < 1.29 is 4.74 Å². The van der Waals surface area contributed by atoms with Crippen LogP contribution in [0.25, 0.3) is 0 Å². The smallest absolute Gasteiger partial charge is 0.165 e. The van der Waals surface area contributed by atoms with Crippen LogP contribution in [0.5, 0.6) is 5.75 Å². The lowest BCUT2D eigenvalue weighted by atomic mass is 10.3. The Hall–Kier alpha value is -1.33. The zero-order valence-corrected chi connectivity index (χ0v) is 9.26. The Kier molecular flexibility index (Phi) is 3.03. The minimum absolute atomic E-state index is 0.380. The molecule has 0 radical (unpaired) electrons. The van der Waals surface area contributed by atoms with Crippen LogP contribution in [-0.2, 0) is 6.61 Å². The van der Waals surface area contributed by atoms with Crippen molar-refractivity contribution in [2.24, 2.45) is 0 Å². The quantitative estimate of drug-likeness (QED) is 0.896. The van der Waals surface area contributed by atoms with Crippen molar-refractivity contribution in [2.45, 2.75) is 6.61 Å². The van der Waals surface area contributed by atoms with Crippen molar-refractivity contribution in [2.75, 3.05) is 5.73 Å². The summed E-state index contributed by atoms with van der Waals surface area (Å²) in [7, 11) is 0. The van der Waals surface area contributed by atoms with Crippen molar-refractivity contribution in [3.8, 4) is 5.75 Å². The predicted molar refractivity (Wildman–Crippen MR) is 60.1 cm³/mol. The van der Waals surface area contributed by atoms with Gasteiger partial charge in [0.15, 0.2) is 5.82 Å². The maximum absolute atomic E-state index is 5.74. The van der Waals surface area contributed by atoms with Gasteiger partial charge in [-0.25, -0.2) is 0 Å². The summed E-state index contributed by atoms with van der Waals surface area (Å²) >= 11 is 6.98. The van der Waals surface area contributed by atoms with Gasteiger partial charge in [-0.2, -0.15) is 0 Å². The Bertz CT molecular complexity index is 443. The van der Waals surface area contributed by atoms with Crippen LogP contribution in [0.3, 0.4) is 0 Å². The van der Waals surface area contributed by atoms with Crippen LogP contribution >= 0.6 is 23.1 Å². The van der Waals surface area contributed by atoms with Crippen LogP contribution in [0.2, 0.25) is 5.02 Å². The summed E-state index contributed by atoms with van der Waals surface area (Å²) in [5, 5.41) is 4.37. The molecular weight excluding hydrogens is 234 g/mol. The van der Waals surface area contributed by atoms with Crippen molar-refractivity contribution in [1.29, 1.82) is 0 Å². The minimum Gasteiger partial charge on any atom is -0.488 e. The van der Waals surface area contributed by atoms with E-state index in [1.54, 1.807) is 24.3 Å². The molecular formula is C9H8ClN3OS. The first-order chi connectivity index (χ1) is 7.25. The van der Waals surface area contributed by atoms with Crippen LogP contribution < -0.4 is 10.5 Å². The second-order valence-electron chi connectivity index (χ2n) is 2.82. The number of ether oxygens (including phenoxy) is 1. The molecule has 15 heavy (non-hydrogen) atoms. The van der Waals surface area contributed by atoms with E-state index < -0.39 is 0 Å². The number of benzene rings is 1. The van der Waals surface area contributed by atoms with Gasteiger partial charge in [0, 0.05) is 5.02 Å². The zero-order valence-electron chi connectivity index (χ0n) is 7.68. The van der Waals surface area contributed by atoms with E-state index in [4.69, 9.17) is 22.1 Å². The molecule has 2 aromatic rings. The van der Waals surface area contributed by atoms with Gasteiger partial charge in [0.05, 0.1) is 0 Å². The molecule has 2 rings (SSSR count). The number of halogens is 1. The molecule has 0 saturated carbocycles. The van der Waals surface area contributed by atoms with E-state index in [2.05, 4.69) is 9.59 Å². The SMILES string of the molecule is Nc1nnsc1COc1ccc(Cl)cc1. The number of nitrogens with two attached hydrogens (primary N) is 1. The van der Waals surface area contributed by atoms with Gasteiger partial charge in [-0.05, 0) is 35.8 Å². The Labute approximate surface area is 95.8 Å². The van der Waals surface area contributed by atoms with Gasteiger partial charge >= 0.3 is 0 Å². The molecule has 0 bridgehead atoms. The van der Waals surface area contributed by atoms with Crippen LogP contribution in [0.15, 0.2) is 24.3 Å². The number of anilines is 1. The normalized spacial score (nSPS) is 10.2. The molecule has 1 aromatic heterocycles. The Morgan fingerprint density at radius 2 is 2.07 bits per heavy atom. The lowest BCUT2D eigenvalue weighted by Crippen LogP contribution is -1.97. The van der Waals surface area contributed by atoms with Crippen LogP contribution in [-0.4, -0.2) is 9.59 Å². The van der Waals surface area contributed by atoms with Gasteiger partial charge in [-0.15, -0.1) is 5.10 Å². The number of hydrogen-bond donors (Lipinski definition) is 1. The first-order valence-corrected chi connectivity index (χ1v) is 5.36. The summed E-state index contributed by atoms with van der Waals surface area (Å²) in [4.78, 5) is 0.824. The van der Waals surface area contributed by atoms with E-state index in [0.29, 0.717) is 17.4 Å². The molecule has 0 unspecified atom stereocenters. The zero-order chi connectivity index (χ0) is 10.7. The average molecular weight is 242 g/mol. The molecule has 0 spiro atoms. The van der Waals surface area contributed by atoms with Crippen LogP contribution in [0.1, 0.15) is 4.88 Å². The molecule has 0 atom stereocenters. The highest BCUT2D eigenvalue weighted by Crippen LogP contribution is 2.19. The molecule has 0 amide bonds. The molecule has 4 nitrogen and oxygen atoms in total. The van der Waals surface area contributed by atoms with Crippen molar-refractivity contribution >= 4 is 29.0 Å². The number of hydrogen-bond acceptors (Lipinski definition) is 5. The maximum atomic E-state index is 5.74. The van der Waals surface area contributed by atoms with Gasteiger partial charge in [-0.3, -0.25) is 0 Å². The molecule has 2 N–H and O–H groups in total. The third-order valence-electron chi connectivity index (χ3n) is 1.77. The van der Waals surface area contributed by atoms with Gasteiger partial charge < -0.3 is 10.5 Å². The second-order valence-corrected chi connectivity index (χ2v) is 4.10. The molecule has 1 aromatic carbocycles. The number of aromatic nitrogens is 2. The molecule has 0 fully saturated rings. The summed E-state index contributed by atoms with van der Waals surface area (Å²) in [6.07, 6.45) is 0. The third-order valence-corrected chi connectivity index (χ3v) is 2.73. The van der Waals surface area contributed by atoms with E-state index in [1.165, 1.54) is 11.5 Å². The number of nitrogen functional groups attached to an aromatic ring is 1. The second kappa shape index (κ2) is 4.46. The summed E-state index contributed by atoms with van der Waals surface area (Å²) in [5.41, 5.74) is 5.56. The van der Waals surface area contributed by atoms with Crippen LogP contribution in [0, 0.1) is 0 Å². The van der Waals surface area contributed by atoms with Gasteiger partial charge in [-0.1, -0.05) is 16.1 Å². The topological polar surface area (TPSA) is 61.0 Å². The van der Waals surface area contributed by atoms with Crippen molar-refractivity contribution in [3.05, 3.63) is 34.2 Å². The molecule has 0 aliphatic carbocycles. The summed E-state index contributed by atoms with van der Waals surface area (Å²) in [5.74, 6) is 1.17. The lowest BCUT2D eigenvalue weighted by Gasteiger charge is -2.03. The standard InChI is InChI=1S/C9H8ClN3OS/c10-6-1-3-7(4-2-6)14-5-8-9(11)12-13-15-8/h1-4H,5,11H2. The molecule has 0 aliphatic heterocycles. The third kappa shape index (κ3) is 2.57. The van der Waals surface area contributed by atoms with E-state index >= 15 is 0 Å². The minimum atomic E-state index is 0.380. The summed E-state index contributed by atoms with van der Waals surface area (Å²) < 4.78 is 9.19. The van der Waals surface area contributed by atoms with Gasteiger partial charge in [0.25, 0.3) is 0 Å². The predicted octanol–water partition coefficient (Wildman–Crippen LogP) is 2.35. The molecule has 0 aliphatic rings. The highest BCUT2D eigenvalue weighted by molar-refractivity contribution is 7.05. The Morgan fingerprint density at radius 3 is 2.67 bits per heavy atom. The van der Waals surface area contributed by atoms with Crippen LogP contribution in [0.4, 0.5) is 5.82 Å². The van der Waals surface area contributed by atoms with E-state index in [9.17, 15) is 0 Å². The Morgan fingerprint density at radius 1 is 1.33 bits per heavy atom. The first-order valence-electron chi connectivity index (χ1n) is 4.21. The maximum Gasteiger partial charge on any atom is 0.165 e. The van der Waals surface area contributed by atoms with Gasteiger partial charge in [0.1, 0.15) is 17.2 Å². The fourth-order valence-electron chi connectivity index (χ4n) is 0.996. The molecule has 0 saturated heterocycles. The van der Waals surface area contributed by atoms with E-state index in [-0.39, 0.29) is 0 Å². The first kappa shape index (κ1) is 10.2. The Balaban J connectivity index is 1.99. The highest BCUT2D eigenvalue weighted by Gasteiger charge is 2.04. The molecule has 6 heteroatoms. The lowest BCUT2D eigenvalue weighted by molar-refractivity contribution is 0.310. The average Bonchev–Trinajstić information content (AvgIpc) is 2.63. The van der Waals surface area contributed by atoms with E-state index in [1.807, 2.05) is 0 Å².